The van der Waals surface area contributed by atoms with Crippen LogP contribution >= 0.6 is 0 Å². The topological polar surface area (TPSA) is 90.0 Å². The van der Waals surface area contributed by atoms with E-state index in [1.807, 2.05) is 0 Å². The first-order valence-electron chi connectivity index (χ1n) is 8.80. The van der Waals surface area contributed by atoms with Gasteiger partial charge in [-0.1, -0.05) is 12.1 Å². The summed E-state index contributed by atoms with van der Waals surface area (Å²) in [5.41, 5.74) is 1.13. The number of urea groups is 1. The van der Waals surface area contributed by atoms with Crippen LogP contribution < -0.4 is 10.2 Å². The molecule has 0 bridgehead atoms. The Hall–Kier alpha value is -2.90. The monoisotopic (exact) mass is 356 g/mol. The van der Waals surface area contributed by atoms with E-state index in [1.54, 1.807) is 36.1 Å². The molecule has 26 heavy (non-hydrogen) atoms. The molecule has 136 valence electrons. The number of fused-ring (bicyclic) bond motifs is 2. The first-order valence-corrected chi connectivity index (χ1v) is 8.80. The largest absolute Gasteiger partial charge is 0.327 e. The van der Waals surface area contributed by atoms with Gasteiger partial charge in [0.05, 0.1) is 11.4 Å². The molecule has 3 aliphatic heterocycles. The van der Waals surface area contributed by atoms with Gasteiger partial charge in [0.25, 0.3) is 5.91 Å². The number of amides is 5. The summed E-state index contributed by atoms with van der Waals surface area (Å²) in [4.78, 5) is 54.1. The number of carbonyl (C=O) groups excluding carboxylic acids is 4. The van der Waals surface area contributed by atoms with Crippen LogP contribution in [0.1, 0.15) is 26.2 Å². The van der Waals surface area contributed by atoms with Crippen molar-refractivity contribution >= 4 is 35.1 Å². The summed E-state index contributed by atoms with van der Waals surface area (Å²) in [5.74, 6) is -0.843. The second-order valence-corrected chi connectivity index (χ2v) is 6.94. The van der Waals surface area contributed by atoms with E-state index in [-0.39, 0.29) is 36.7 Å². The zero-order valence-electron chi connectivity index (χ0n) is 14.5. The highest BCUT2D eigenvalue weighted by atomic mass is 16.2. The van der Waals surface area contributed by atoms with Crippen LogP contribution in [0.2, 0.25) is 0 Å². The Morgan fingerprint density at radius 2 is 2.00 bits per heavy atom. The molecule has 4 rings (SSSR count). The van der Waals surface area contributed by atoms with Gasteiger partial charge < -0.3 is 15.1 Å². The lowest BCUT2D eigenvalue weighted by atomic mass is 10.1. The minimum atomic E-state index is -0.424. The fourth-order valence-electron chi connectivity index (χ4n) is 4.01. The molecule has 3 heterocycles. The molecule has 0 aromatic heterocycles. The molecule has 2 saturated heterocycles. The highest BCUT2D eigenvalue weighted by Gasteiger charge is 2.48. The quantitative estimate of drug-likeness (QED) is 0.806. The summed E-state index contributed by atoms with van der Waals surface area (Å²) < 4.78 is 0. The van der Waals surface area contributed by atoms with Crippen molar-refractivity contribution in [2.45, 2.75) is 38.3 Å². The lowest BCUT2D eigenvalue weighted by Gasteiger charge is -2.29. The van der Waals surface area contributed by atoms with Crippen LogP contribution in [0, 0.1) is 0 Å². The second-order valence-electron chi connectivity index (χ2n) is 6.94. The first kappa shape index (κ1) is 16.6. The average molecular weight is 356 g/mol. The van der Waals surface area contributed by atoms with Crippen molar-refractivity contribution in [2.24, 2.45) is 0 Å². The minimum absolute atomic E-state index is 0.150. The molecule has 0 spiro atoms. The lowest BCUT2D eigenvalue weighted by molar-refractivity contribution is -0.131. The summed E-state index contributed by atoms with van der Waals surface area (Å²) in [6.45, 7) is 2.03. The van der Waals surface area contributed by atoms with Gasteiger partial charge in [0.1, 0.15) is 12.6 Å². The van der Waals surface area contributed by atoms with E-state index < -0.39 is 12.1 Å². The number of rotatable bonds is 2. The molecule has 0 aliphatic carbocycles. The summed E-state index contributed by atoms with van der Waals surface area (Å²) in [6, 6.07) is 5.85. The van der Waals surface area contributed by atoms with E-state index in [0.29, 0.717) is 24.3 Å². The zero-order valence-corrected chi connectivity index (χ0v) is 14.5. The Labute approximate surface area is 150 Å². The third-order valence-corrected chi connectivity index (χ3v) is 5.20. The predicted molar refractivity (Wildman–Crippen MR) is 93.5 cm³/mol. The normalized spacial score (nSPS) is 25.1. The van der Waals surface area contributed by atoms with Crippen LogP contribution in [-0.4, -0.2) is 58.7 Å². The maximum Gasteiger partial charge on any atom is 0.327 e. The Morgan fingerprint density at radius 1 is 1.23 bits per heavy atom. The molecule has 1 aromatic carbocycles. The fraction of sp³-hybridized carbons (Fsp3) is 0.444. The van der Waals surface area contributed by atoms with E-state index in [9.17, 15) is 19.2 Å². The zero-order chi connectivity index (χ0) is 18.4. The van der Waals surface area contributed by atoms with Gasteiger partial charge in [-0.25, -0.2) is 4.79 Å². The van der Waals surface area contributed by atoms with Crippen LogP contribution in [-0.2, 0) is 14.4 Å². The third kappa shape index (κ3) is 2.53. The van der Waals surface area contributed by atoms with Gasteiger partial charge in [-0.3, -0.25) is 19.3 Å². The van der Waals surface area contributed by atoms with E-state index in [2.05, 4.69) is 5.32 Å². The van der Waals surface area contributed by atoms with Gasteiger partial charge in [-0.15, -0.1) is 0 Å². The molecule has 2 atom stereocenters. The number of nitrogens with zero attached hydrogens (tertiary/aromatic N) is 3. The molecule has 0 radical (unpaired) electrons. The van der Waals surface area contributed by atoms with Gasteiger partial charge in [0, 0.05) is 19.0 Å². The number of anilines is 2. The highest BCUT2D eigenvalue weighted by molar-refractivity contribution is 6.10. The van der Waals surface area contributed by atoms with Crippen molar-refractivity contribution in [1.82, 2.24) is 9.80 Å². The number of imide groups is 1. The SMILES string of the molecule is C[C@H]1CC(=O)Nc2ccccc2N1C(=O)CN1C(=O)[C@@H]2CCCN2C1=O. The Morgan fingerprint density at radius 3 is 2.77 bits per heavy atom. The van der Waals surface area contributed by atoms with Gasteiger partial charge >= 0.3 is 6.03 Å². The molecular formula is C18H20N4O4. The third-order valence-electron chi connectivity index (χ3n) is 5.20. The van der Waals surface area contributed by atoms with Crippen LogP contribution in [0.25, 0.3) is 0 Å². The van der Waals surface area contributed by atoms with Crippen LogP contribution in [0.4, 0.5) is 16.2 Å². The average Bonchev–Trinajstić information content (AvgIpc) is 3.12. The molecule has 1 aromatic rings. The second kappa shape index (κ2) is 6.12. The molecule has 0 saturated carbocycles. The number of nitrogens with one attached hydrogen (secondary N) is 1. The molecule has 5 amide bonds. The van der Waals surface area contributed by atoms with Crippen molar-refractivity contribution in [1.29, 1.82) is 0 Å². The van der Waals surface area contributed by atoms with Gasteiger partial charge in [-0.2, -0.15) is 0 Å². The van der Waals surface area contributed by atoms with E-state index in [1.165, 1.54) is 4.90 Å². The lowest BCUT2D eigenvalue weighted by Crippen LogP contribution is -2.47. The number of hydrogen-bond donors (Lipinski definition) is 1. The number of carbonyl (C=O) groups is 4. The first-order chi connectivity index (χ1) is 12.5. The minimum Gasteiger partial charge on any atom is -0.324 e. The van der Waals surface area contributed by atoms with Crippen molar-refractivity contribution in [3.05, 3.63) is 24.3 Å². The predicted octanol–water partition coefficient (Wildman–Crippen LogP) is 1.18. The Bertz CT molecular complexity index is 786. The summed E-state index contributed by atoms with van der Waals surface area (Å²) in [6.07, 6.45) is 1.61. The molecule has 8 nitrogen and oxygen atoms in total. The van der Waals surface area contributed by atoms with Crippen molar-refractivity contribution in [3.8, 4) is 0 Å². The van der Waals surface area contributed by atoms with Gasteiger partial charge in [0.15, 0.2) is 0 Å². The van der Waals surface area contributed by atoms with Crippen LogP contribution in [0.15, 0.2) is 24.3 Å². The maximum absolute atomic E-state index is 13.0. The van der Waals surface area contributed by atoms with E-state index in [4.69, 9.17) is 0 Å². The molecule has 1 N–H and O–H groups in total. The van der Waals surface area contributed by atoms with E-state index >= 15 is 0 Å². The Balaban J connectivity index is 1.60. The van der Waals surface area contributed by atoms with E-state index in [0.717, 1.165) is 11.3 Å². The van der Waals surface area contributed by atoms with Crippen molar-refractivity contribution in [2.75, 3.05) is 23.3 Å². The van der Waals surface area contributed by atoms with Gasteiger partial charge in [0.2, 0.25) is 11.8 Å². The van der Waals surface area contributed by atoms with Crippen molar-refractivity contribution < 1.29 is 19.2 Å². The number of para-hydroxylation sites is 2. The molecular weight excluding hydrogens is 336 g/mol. The standard InChI is InChI=1S/C18H20N4O4/c1-11-9-15(23)19-12-5-2-3-6-13(12)22(11)16(24)10-21-17(25)14-7-4-8-20(14)18(21)26/h2-3,5-6,11,14H,4,7-10H2,1H3,(H,19,23)/t11-,14-/m0/s1. The fourth-order valence-corrected chi connectivity index (χ4v) is 4.01. The van der Waals surface area contributed by atoms with Crippen LogP contribution in [0.5, 0.6) is 0 Å². The number of hydrogen-bond acceptors (Lipinski definition) is 4. The van der Waals surface area contributed by atoms with Gasteiger partial charge in [-0.05, 0) is 31.9 Å². The smallest absolute Gasteiger partial charge is 0.324 e. The summed E-state index contributed by atoms with van der Waals surface area (Å²) in [7, 11) is 0. The maximum atomic E-state index is 13.0. The molecule has 0 unspecified atom stereocenters. The highest BCUT2D eigenvalue weighted by Crippen LogP contribution is 2.32. The molecule has 3 aliphatic rings. The molecule has 2 fully saturated rings. The van der Waals surface area contributed by atoms with Crippen LogP contribution in [0.3, 0.4) is 0 Å². The van der Waals surface area contributed by atoms with Crippen molar-refractivity contribution in [3.63, 3.8) is 0 Å². The Kier molecular flexibility index (Phi) is 3.90. The summed E-state index contributed by atoms with van der Waals surface area (Å²) in [5, 5.41) is 2.79. The number of benzene rings is 1. The molecule has 8 heteroatoms. The summed E-state index contributed by atoms with van der Waals surface area (Å²) >= 11 is 0.